The van der Waals surface area contributed by atoms with Gasteiger partial charge in [0.05, 0.1) is 5.69 Å². The Kier molecular flexibility index (Phi) is 6.36. The number of aromatic amines is 1. The number of piperazine rings is 1. The molecule has 7 nitrogen and oxygen atoms in total. The fraction of sp³-hybridized carbons (Fsp3) is 0.429. The lowest BCUT2D eigenvalue weighted by atomic mass is 10.1. The van der Waals surface area contributed by atoms with E-state index >= 15 is 0 Å². The molecule has 29 heavy (non-hydrogen) atoms. The van der Waals surface area contributed by atoms with E-state index in [1.807, 2.05) is 24.3 Å². The number of nitrogens with one attached hydrogen (secondary N) is 2. The van der Waals surface area contributed by atoms with Gasteiger partial charge < -0.3 is 19.7 Å². The van der Waals surface area contributed by atoms with E-state index in [9.17, 15) is 0 Å². The predicted molar refractivity (Wildman–Crippen MR) is 116 cm³/mol. The highest BCUT2D eigenvalue weighted by Gasteiger charge is 2.20. The summed E-state index contributed by atoms with van der Waals surface area (Å²) in [7, 11) is 0. The van der Waals surface area contributed by atoms with Gasteiger partial charge in [-0.15, -0.1) is 0 Å². The van der Waals surface area contributed by atoms with E-state index in [2.05, 4.69) is 38.4 Å². The number of halogens is 1. The number of H-pyrrole nitrogens is 1. The monoisotopic (exact) mass is 414 g/mol. The van der Waals surface area contributed by atoms with Crippen LogP contribution in [-0.2, 0) is 13.0 Å². The lowest BCUT2D eigenvalue weighted by Gasteiger charge is -2.36. The molecule has 1 aromatic carbocycles. The van der Waals surface area contributed by atoms with Gasteiger partial charge in [0, 0.05) is 74.0 Å². The number of nitrogens with zero attached hydrogens (tertiary/aromatic N) is 4. The summed E-state index contributed by atoms with van der Waals surface area (Å²) in [5.74, 6) is 0.992. The SMILES string of the molecule is CCNC(=NCCc1c[nH]c2ccc(Cl)cc12)N1CCN(Cc2ccon2)CC1. The van der Waals surface area contributed by atoms with Crippen LogP contribution in [0.1, 0.15) is 18.2 Å². The van der Waals surface area contributed by atoms with Gasteiger partial charge in [-0.05, 0) is 37.1 Å². The van der Waals surface area contributed by atoms with Crippen molar-refractivity contribution < 1.29 is 4.52 Å². The Morgan fingerprint density at radius 3 is 2.90 bits per heavy atom. The van der Waals surface area contributed by atoms with Crippen molar-refractivity contribution in [1.29, 1.82) is 0 Å². The zero-order chi connectivity index (χ0) is 20.1. The number of aromatic nitrogens is 2. The molecular formula is C21H27ClN6O. The van der Waals surface area contributed by atoms with Crippen molar-refractivity contribution in [3.63, 3.8) is 0 Å². The molecule has 1 aliphatic heterocycles. The predicted octanol–water partition coefficient (Wildman–Crippen LogP) is 3.14. The highest BCUT2D eigenvalue weighted by molar-refractivity contribution is 6.31. The molecule has 0 bridgehead atoms. The van der Waals surface area contributed by atoms with Crippen LogP contribution in [0.3, 0.4) is 0 Å². The third-order valence-corrected chi connectivity index (χ3v) is 5.49. The van der Waals surface area contributed by atoms with Gasteiger partial charge in [-0.2, -0.15) is 0 Å². The summed E-state index contributed by atoms with van der Waals surface area (Å²) in [5, 5.41) is 9.39. The minimum Gasteiger partial charge on any atom is -0.364 e. The second-order valence-corrected chi connectivity index (χ2v) is 7.68. The molecular weight excluding hydrogens is 388 g/mol. The number of benzene rings is 1. The average Bonchev–Trinajstić information content (AvgIpc) is 3.38. The fourth-order valence-electron chi connectivity index (χ4n) is 3.73. The number of fused-ring (bicyclic) bond motifs is 1. The van der Waals surface area contributed by atoms with Crippen LogP contribution >= 0.6 is 11.6 Å². The third-order valence-electron chi connectivity index (χ3n) is 5.26. The van der Waals surface area contributed by atoms with E-state index in [0.29, 0.717) is 0 Å². The Bertz CT molecular complexity index is 943. The Balaban J connectivity index is 1.34. The van der Waals surface area contributed by atoms with Crippen molar-refractivity contribution in [2.75, 3.05) is 39.3 Å². The topological polar surface area (TPSA) is 72.7 Å². The molecule has 1 saturated heterocycles. The number of aliphatic imine (C=N–C) groups is 1. The van der Waals surface area contributed by atoms with E-state index < -0.39 is 0 Å². The Hall–Kier alpha value is -2.51. The van der Waals surface area contributed by atoms with Crippen LogP contribution in [0.4, 0.5) is 0 Å². The Morgan fingerprint density at radius 2 is 2.14 bits per heavy atom. The third kappa shape index (κ3) is 4.92. The van der Waals surface area contributed by atoms with Crippen molar-refractivity contribution in [3.05, 3.63) is 53.0 Å². The summed E-state index contributed by atoms with van der Waals surface area (Å²) < 4.78 is 4.93. The van der Waals surface area contributed by atoms with Crippen LogP contribution in [0.2, 0.25) is 5.02 Å². The summed E-state index contributed by atoms with van der Waals surface area (Å²) in [4.78, 5) is 12.9. The van der Waals surface area contributed by atoms with Crippen LogP contribution in [0.5, 0.6) is 0 Å². The smallest absolute Gasteiger partial charge is 0.194 e. The summed E-state index contributed by atoms with van der Waals surface area (Å²) in [6.45, 7) is 8.41. The quantitative estimate of drug-likeness (QED) is 0.479. The normalized spacial score (nSPS) is 15.9. The van der Waals surface area contributed by atoms with Gasteiger partial charge in [0.15, 0.2) is 5.96 Å². The molecule has 0 spiro atoms. The molecule has 0 saturated carbocycles. The minimum absolute atomic E-state index is 0.737. The maximum atomic E-state index is 6.16. The molecule has 1 aliphatic rings. The molecule has 3 heterocycles. The lowest BCUT2D eigenvalue weighted by Crippen LogP contribution is -2.52. The number of hydrogen-bond donors (Lipinski definition) is 2. The van der Waals surface area contributed by atoms with Gasteiger partial charge in [0.25, 0.3) is 0 Å². The summed E-state index contributed by atoms with van der Waals surface area (Å²) in [6, 6.07) is 7.88. The van der Waals surface area contributed by atoms with Crippen LogP contribution in [-0.4, -0.2) is 65.2 Å². The second kappa shape index (κ2) is 9.33. The first-order chi connectivity index (χ1) is 14.2. The van der Waals surface area contributed by atoms with Crippen LogP contribution in [0.15, 0.2) is 46.2 Å². The van der Waals surface area contributed by atoms with Crippen molar-refractivity contribution in [3.8, 4) is 0 Å². The van der Waals surface area contributed by atoms with Crippen molar-refractivity contribution >= 4 is 28.5 Å². The summed E-state index contributed by atoms with van der Waals surface area (Å²) in [6.07, 6.45) is 4.57. The zero-order valence-electron chi connectivity index (χ0n) is 16.7. The Morgan fingerprint density at radius 1 is 1.28 bits per heavy atom. The zero-order valence-corrected chi connectivity index (χ0v) is 17.5. The van der Waals surface area contributed by atoms with Crippen LogP contribution in [0.25, 0.3) is 10.9 Å². The van der Waals surface area contributed by atoms with Crippen molar-refractivity contribution in [2.24, 2.45) is 4.99 Å². The molecule has 1 fully saturated rings. The fourth-order valence-corrected chi connectivity index (χ4v) is 3.90. The highest BCUT2D eigenvalue weighted by Crippen LogP contribution is 2.22. The molecule has 0 atom stereocenters. The van der Waals surface area contributed by atoms with Gasteiger partial charge >= 0.3 is 0 Å². The first kappa shape index (κ1) is 19.8. The van der Waals surface area contributed by atoms with E-state index in [-0.39, 0.29) is 0 Å². The van der Waals surface area contributed by atoms with Gasteiger partial charge in [-0.1, -0.05) is 16.8 Å². The Labute approximate surface area is 175 Å². The molecule has 154 valence electrons. The molecule has 4 rings (SSSR count). The van der Waals surface area contributed by atoms with Crippen molar-refractivity contribution in [1.82, 2.24) is 25.3 Å². The van der Waals surface area contributed by atoms with Crippen molar-refractivity contribution in [2.45, 2.75) is 19.9 Å². The van der Waals surface area contributed by atoms with E-state index in [1.165, 1.54) is 10.9 Å². The average molecular weight is 415 g/mol. The maximum absolute atomic E-state index is 6.16. The van der Waals surface area contributed by atoms with Crippen LogP contribution in [0, 0.1) is 0 Å². The second-order valence-electron chi connectivity index (χ2n) is 7.24. The van der Waals surface area contributed by atoms with Crippen LogP contribution < -0.4 is 5.32 Å². The summed E-state index contributed by atoms with van der Waals surface area (Å²) >= 11 is 6.16. The summed E-state index contributed by atoms with van der Waals surface area (Å²) in [5.41, 5.74) is 3.35. The first-order valence-corrected chi connectivity index (χ1v) is 10.5. The van der Waals surface area contributed by atoms with Gasteiger partial charge in [0.1, 0.15) is 6.26 Å². The molecule has 0 aliphatic carbocycles. The largest absolute Gasteiger partial charge is 0.364 e. The first-order valence-electron chi connectivity index (χ1n) is 10.1. The molecule has 0 radical (unpaired) electrons. The number of guanidine groups is 1. The van der Waals surface area contributed by atoms with Gasteiger partial charge in [0.2, 0.25) is 0 Å². The lowest BCUT2D eigenvalue weighted by molar-refractivity contribution is 0.169. The molecule has 8 heteroatoms. The highest BCUT2D eigenvalue weighted by atomic mass is 35.5. The number of hydrogen-bond acceptors (Lipinski definition) is 4. The standard InChI is InChI=1S/C21H27ClN6O/c1-2-23-21(28-10-8-27(9-11-28)15-18-6-12-29-26-18)24-7-5-16-14-25-20-4-3-17(22)13-19(16)20/h3-4,6,12-14,25H,2,5,7-11,15H2,1H3,(H,23,24). The molecule has 0 amide bonds. The molecule has 2 N–H and O–H groups in total. The molecule has 0 unspecified atom stereocenters. The number of rotatable bonds is 6. The van der Waals surface area contributed by atoms with Gasteiger partial charge in [-0.25, -0.2) is 0 Å². The minimum atomic E-state index is 0.737. The van der Waals surface area contributed by atoms with E-state index in [1.54, 1.807) is 6.26 Å². The maximum Gasteiger partial charge on any atom is 0.194 e. The van der Waals surface area contributed by atoms with E-state index in [4.69, 9.17) is 21.1 Å². The van der Waals surface area contributed by atoms with Gasteiger partial charge in [-0.3, -0.25) is 9.89 Å². The molecule has 3 aromatic rings. The van der Waals surface area contributed by atoms with E-state index in [0.717, 1.165) is 74.4 Å². The molecule has 2 aromatic heterocycles.